The molecule has 0 aromatic carbocycles. The topological polar surface area (TPSA) is 87.0 Å². The first kappa shape index (κ1) is 10.8. The Hall–Kier alpha value is -0.220. The monoisotopic (exact) mass is 183 g/mol. The molecule has 0 atom stereocenters. The number of rotatable bonds is 5. The fraction of sp³-hybridized carbons (Fsp3) is 0.800. The molecule has 11 heavy (non-hydrogen) atoms. The molecule has 0 amide bonds. The lowest BCUT2D eigenvalue weighted by atomic mass is 10.4. The Morgan fingerprint density at radius 2 is 2.09 bits per heavy atom. The summed E-state index contributed by atoms with van der Waals surface area (Å²) in [5, 5.41) is 8.16. The van der Waals surface area contributed by atoms with Gasteiger partial charge in [0.15, 0.2) is 0 Å². The fourth-order valence-corrected chi connectivity index (χ4v) is 0.886. The van der Waals surface area contributed by atoms with Crippen molar-refractivity contribution in [3.63, 3.8) is 0 Å². The van der Waals surface area contributed by atoms with Crippen LogP contribution in [-0.2, 0) is 4.52 Å². The molecule has 0 bridgehead atoms. The van der Waals surface area contributed by atoms with E-state index in [1.807, 2.05) is 6.92 Å². The third-order valence-electron chi connectivity index (χ3n) is 1.02. The van der Waals surface area contributed by atoms with Crippen molar-refractivity contribution < 1.29 is 24.2 Å². The predicted molar refractivity (Wildman–Crippen MR) is 40.2 cm³/mol. The third-order valence-corrected chi connectivity index (χ3v) is 2.06. The molecule has 6 heteroatoms. The summed E-state index contributed by atoms with van der Waals surface area (Å²) in [6, 6.07) is 0. The zero-order chi connectivity index (χ0) is 8.91. The van der Waals surface area contributed by atoms with Crippen LogP contribution in [0.3, 0.4) is 0 Å². The van der Waals surface area contributed by atoms with E-state index in [2.05, 4.69) is 4.52 Å². The average Bonchev–Trinajstić information content (AvgIpc) is 1.88. The molecule has 5 nitrogen and oxygen atoms in total. The maximum atomic E-state index is 10.0. The third kappa shape index (κ3) is 4.27. The molecule has 0 aliphatic rings. The Bertz CT molecular complexity index is 135. The molecule has 0 saturated carbocycles. The van der Waals surface area contributed by atoms with Gasteiger partial charge in [-0.05, 0) is 6.42 Å². The minimum absolute atomic E-state index is 0.0730. The van der Waals surface area contributed by atoms with Crippen LogP contribution in [0.1, 0.15) is 19.8 Å². The van der Waals surface area contributed by atoms with Crippen LogP contribution >= 0.6 is 7.94 Å². The van der Waals surface area contributed by atoms with Crippen LogP contribution in [-0.4, -0.2) is 27.2 Å². The van der Waals surface area contributed by atoms with E-state index in [0.717, 1.165) is 6.42 Å². The second kappa shape index (κ2) is 4.62. The van der Waals surface area contributed by atoms with Gasteiger partial charge in [-0.1, -0.05) is 13.3 Å². The lowest BCUT2D eigenvalue weighted by molar-refractivity contribution is 0.182. The first-order valence-corrected chi connectivity index (χ1v) is 4.84. The summed E-state index contributed by atoms with van der Waals surface area (Å²) in [7, 11) is -4.13. The van der Waals surface area contributed by atoms with Gasteiger partial charge in [-0.2, -0.15) is 19.1 Å². The minimum Gasteiger partial charge on any atom is -0.445 e. The van der Waals surface area contributed by atoms with E-state index in [4.69, 9.17) is 14.9 Å². The Balaban J connectivity index is 3.64. The molecule has 0 aromatic heterocycles. The van der Waals surface area contributed by atoms with E-state index in [1.165, 1.54) is 0 Å². The number of hydrogen-bond acceptors (Lipinski definition) is 4. The molecule has 0 heterocycles. The van der Waals surface area contributed by atoms with Crippen molar-refractivity contribution in [2.75, 3.05) is 6.61 Å². The fourth-order valence-electron chi connectivity index (χ4n) is 0.391. The summed E-state index contributed by atoms with van der Waals surface area (Å²) >= 11 is 0. The van der Waals surface area contributed by atoms with Gasteiger partial charge in [0.05, 0.1) is 6.61 Å². The van der Waals surface area contributed by atoms with Crippen molar-refractivity contribution in [3.8, 4) is 0 Å². The molecule has 0 spiro atoms. The van der Waals surface area contributed by atoms with Crippen LogP contribution in [0.5, 0.6) is 0 Å². The van der Waals surface area contributed by atoms with Gasteiger partial charge in [-0.15, -0.1) is 0 Å². The lowest BCUT2D eigenvalue weighted by Crippen LogP contribution is -2.07. The highest BCUT2D eigenvalue weighted by atomic mass is 31.2. The standard InChI is InChI=1S/C5H11O5P/c1-2-3-4-10-11(8,9)5(6)7/h8-9H,2-4H2,1H3/p+1. The zero-order valence-electron chi connectivity index (χ0n) is 6.23. The van der Waals surface area contributed by atoms with Crippen molar-refractivity contribution in [3.05, 3.63) is 0 Å². The number of unbranched alkanes of at least 4 members (excludes halogenated alkanes) is 1. The summed E-state index contributed by atoms with van der Waals surface area (Å²) in [5.41, 5.74) is -1.69. The van der Waals surface area contributed by atoms with Crippen molar-refractivity contribution in [2.24, 2.45) is 0 Å². The summed E-state index contributed by atoms with van der Waals surface area (Å²) in [6.45, 7) is 1.96. The average molecular weight is 183 g/mol. The van der Waals surface area contributed by atoms with Crippen molar-refractivity contribution in [1.82, 2.24) is 0 Å². The van der Waals surface area contributed by atoms with E-state index in [0.29, 0.717) is 6.42 Å². The number of carbonyl (C=O) groups is 1. The van der Waals surface area contributed by atoms with E-state index in [9.17, 15) is 4.79 Å². The molecule has 0 aliphatic heterocycles. The summed E-state index contributed by atoms with van der Waals surface area (Å²) in [4.78, 5) is 27.4. The van der Waals surface area contributed by atoms with Gasteiger partial charge in [0, 0.05) is 0 Å². The van der Waals surface area contributed by atoms with Crippen molar-refractivity contribution in [1.29, 1.82) is 0 Å². The number of carboxylic acid groups (broad SMARTS) is 1. The second-order valence-electron chi connectivity index (χ2n) is 2.01. The van der Waals surface area contributed by atoms with Crippen LogP contribution in [0.4, 0.5) is 4.79 Å². The molecule has 66 valence electrons. The van der Waals surface area contributed by atoms with Crippen molar-refractivity contribution >= 4 is 13.7 Å². The van der Waals surface area contributed by atoms with Crippen LogP contribution in [0.25, 0.3) is 0 Å². The first-order chi connectivity index (χ1) is 5.00. The summed E-state index contributed by atoms with van der Waals surface area (Å²) in [5.74, 6) is 0. The maximum Gasteiger partial charge on any atom is 0.542 e. The smallest absolute Gasteiger partial charge is 0.445 e. The van der Waals surface area contributed by atoms with Crippen LogP contribution < -0.4 is 0 Å². The molecule has 0 fully saturated rings. The first-order valence-electron chi connectivity index (χ1n) is 3.23. The molecule has 0 unspecified atom stereocenters. The molecule has 0 aliphatic carbocycles. The van der Waals surface area contributed by atoms with Crippen LogP contribution in [0.15, 0.2) is 0 Å². The molecule has 0 radical (unpaired) electrons. The van der Waals surface area contributed by atoms with Crippen LogP contribution in [0, 0.1) is 0 Å². The normalized spacial score (nSPS) is 11.5. The lowest BCUT2D eigenvalue weighted by Gasteiger charge is -2.03. The number of hydrogen-bond donors (Lipinski definition) is 3. The predicted octanol–water partition coefficient (Wildman–Crippen LogP) is 1.23. The van der Waals surface area contributed by atoms with Gasteiger partial charge < -0.3 is 5.11 Å². The Kier molecular flexibility index (Phi) is 4.52. The molecule has 0 rings (SSSR count). The molecule has 0 saturated heterocycles. The van der Waals surface area contributed by atoms with Gasteiger partial charge in [-0.3, -0.25) is 0 Å². The van der Waals surface area contributed by atoms with Gasteiger partial charge in [0.1, 0.15) is 0 Å². The van der Waals surface area contributed by atoms with E-state index in [1.54, 1.807) is 0 Å². The summed E-state index contributed by atoms with van der Waals surface area (Å²) < 4.78 is 4.35. The van der Waals surface area contributed by atoms with Crippen LogP contribution in [0.2, 0.25) is 0 Å². The van der Waals surface area contributed by atoms with E-state index < -0.39 is 13.7 Å². The Morgan fingerprint density at radius 3 is 2.45 bits per heavy atom. The van der Waals surface area contributed by atoms with Gasteiger partial charge in [0.25, 0.3) is 0 Å². The zero-order valence-corrected chi connectivity index (χ0v) is 7.12. The quantitative estimate of drug-likeness (QED) is 0.440. The molecular formula is C5H12O5P+. The highest BCUT2D eigenvalue weighted by Crippen LogP contribution is 2.51. The van der Waals surface area contributed by atoms with Gasteiger partial charge in [0.2, 0.25) is 0 Å². The van der Waals surface area contributed by atoms with Gasteiger partial charge >= 0.3 is 13.7 Å². The molecular weight excluding hydrogens is 171 g/mol. The van der Waals surface area contributed by atoms with Crippen molar-refractivity contribution in [2.45, 2.75) is 19.8 Å². The van der Waals surface area contributed by atoms with E-state index >= 15 is 0 Å². The SMILES string of the molecule is CCCCO[P+](O)(O)C(=O)O. The largest absolute Gasteiger partial charge is 0.542 e. The molecule has 3 N–H and O–H groups in total. The summed E-state index contributed by atoms with van der Waals surface area (Å²) in [6.07, 6.45) is 1.44. The second-order valence-corrected chi connectivity index (χ2v) is 3.74. The Labute approximate surface area is 65.2 Å². The maximum absolute atomic E-state index is 10.0. The highest BCUT2D eigenvalue weighted by molar-refractivity contribution is 7.76. The van der Waals surface area contributed by atoms with E-state index in [-0.39, 0.29) is 6.61 Å². The molecule has 0 aromatic rings. The minimum atomic E-state index is -4.13. The van der Waals surface area contributed by atoms with Gasteiger partial charge in [-0.25, -0.2) is 0 Å². The highest BCUT2D eigenvalue weighted by Gasteiger charge is 2.47. The Morgan fingerprint density at radius 1 is 1.55 bits per heavy atom.